The molecule has 11 heteroatoms. The number of phenolic OH excluding ortho intramolecular Hbond substituents is 1. The zero-order valence-corrected chi connectivity index (χ0v) is 26.7. The smallest absolute Gasteiger partial charge is 0.319 e. The Kier molecular flexibility index (Phi) is 7.39. The summed E-state index contributed by atoms with van der Waals surface area (Å²) in [6.07, 6.45) is 6.88. The maximum atomic E-state index is 16.9. The summed E-state index contributed by atoms with van der Waals surface area (Å²) in [6.45, 7) is 6.66. The fraction of sp³-hybridized carbons (Fsp3) is 0.324. The van der Waals surface area contributed by atoms with Crippen LogP contribution in [-0.4, -0.2) is 55.2 Å². The molecule has 2 aliphatic rings. The summed E-state index contributed by atoms with van der Waals surface area (Å²) in [5.74, 6) is -1.79. The molecule has 6 aromatic rings. The molecule has 246 valence electrons. The van der Waals surface area contributed by atoms with Gasteiger partial charge >= 0.3 is 6.01 Å². The van der Waals surface area contributed by atoms with Crippen LogP contribution in [-0.2, 0) is 13.0 Å². The number of benzene rings is 3. The molecular formula is C37H35F3N6O2. The number of nitrogens with zero attached hydrogens (tertiary/aromatic N) is 4. The number of fused-ring (bicyclic) bond motifs is 4. The van der Waals surface area contributed by atoms with Crippen molar-refractivity contribution in [3.8, 4) is 22.9 Å². The average Bonchev–Trinajstić information content (AvgIpc) is 3.75. The molecule has 0 amide bonds. The van der Waals surface area contributed by atoms with E-state index in [-0.39, 0.29) is 52.5 Å². The van der Waals surface area contributed by atoms with Crippen LogP contribution in [0.5, 0.6) is 11.8 Å². The topological polar surface area (TPSA) is 99.2 Å². The van der Waals surface area contributed by atoms with E-state index in [4.69, 9.17) is 4.74 Å². The summed E-state index contributed by atoms with van der Waals surface area (Å²) in [6, 6.07) is 10.5. The van der Waals surface area contributed by atoms with Crippen LogP contribution < -0.4 is 10.1 Å². The number of anilines is 1. The van der Waals surface area contributed by atoms with E-state index in [1.807, 2.05) is 18.3 Å². The monoisotopic (exact) mass is 652 g/mol. The van der Waals surface area contributed by atoms with Crippen LogP contribution in [0.2, 0.25) is 0 Å². The first-order valence-corrected chi connectivity index (χ1v) is 16.4. The van der Waals surface area contributed by atoms with E-state index in [1.54, 1.807) is 13.1 Å². The molecule has 0 bridgehead atoms. The van der Waals surface area contributed by atoms with Crippen molar-refractivity contribution in [1.82, 2.24) is 24.8 Å². The molecule has 2 fully saturated rings. The van der Waals surface area contributed by atoms with Gasteiger partial charge in [-0.05, 0) is 102 Å². The Morgan fingerprint density at radius 1 is 1.10 bits per heavy atom. The van der Waals surface area contributed by atoms with Gasteiger partial charge in [0.2, 0.25) is 0 Å². The predicted octanol–water partition coefficient (Wildman–Crippen LogP) is 7.88. The first-order valence-electron chi connectivity index (χ1n) is 16.4. The van der Waals surface area contributed by atoms with Gasteiger partial charge in [0.15, 0.2) is 5.82 Å². The highest BCUT2D eigenvalue weighted by Gasteiger charge is 2.47. The Balaban J connectivity index is 1.27. The molecule has 3 N–H and O–H groups in total. The molecule has 3 aromatic heterocycles. The third-order valence-corrected chi connectivity index (χ3v) is 10.1. The standard InChI is InChI=1S/C37H35F3N6O2/c1-3-24-28(38)8-7-21-12-23(47)13-26(30(21)24)31-29(39)14-27-33(32(31)40)44-36(48-19-37-9-5-11-46(37)18-20(2)15-37)45-35(27)43-17-22-16-42-34-25(22)6-4-10-41-34/h4,6-8,10,12-14,16,20,47H,3,5,9,11,15,17-19H2,1-2H3,(H,41,42)(H,43,44,45)/t20-,37+/m1/s1. The van der Waals surface area contributed by atoms with Gasteiger partial charge in [0.05, 0.1) is 11.1 Å². The van der Waals surface area contributed by atoms with E-state index in [2.05, 4.69) is 37.1 Å². The molecule has 0 unspecified atom stereocenters. The lowest BCUT2D eigenvalue weighted by Gasteiger charge is -2.31. The predicted molar refractivity (Wildman–Crippen MR) is 180 cm³/mol. The number of rotatable bonds is 8. The maximum Gasteiger partial charge on any atom is 0.319 e. The minimum absolute atomic E-state index is 0.0242. The first kappa shape index (κ1) is 30.4. The summed E-state index contributed by atoms with van der Waals surface area (Å²) >= 11 is 0. The van der Waals surface area contributed by atoms with Crippen LogP contribution in [0.1, 0.15) is 44.2 Å². The number of hydrogen-bond acceptors (Lipinski definition) is 7. The van der Waals surface area contributed by atoms with E-state index in [0.717, 1.165) is 48.9 Å². The third-order valence-electron chi connectivity index (χ3n) is 10.1. The van der Waals surface area contributed by atoms with Crippen molar-refractivity contribution < 1.29 is 23.0 Å². The highest BCUT2D eigenvalue weighted by atomic mass is 19.1. The average molecular weight is 653 g/mol. The number of aromatic amines is 1. The molecule has 2 aliphatic heterocycles. The first-order chi connectivity index (χ1) is 23.2. The number of aryl methyl sites for hydroxylation is 1. The molecule has 8 nitrogen and oxygen atoms in total. The van der Waals surface area contributed by atoms with E-state index >= 15 is 8.78 Å². The van der Waals surface area contributed by atoms with Crippen molar-refractivity contribution in [3.05, 3.63) is 83.4 Å². The van der Waals surface area contributed by atoms with E-state index < -0.39 is 23.0 Å². The number of nitrogens with one attached hydrogen (secondary N) is 2. The van der Waals surface area contributed by atoms with Crippen molar-refractivity contribution in [2.24, 2.45) is 5.92 Å². The molecule has 8 rings (SSSR count). The number of phenols is 1. The Morgan fingerprint density at radius 3 is 2.83 bits per heavy atom. The van der Waals surface area contributed by atoms with Crippen molar-refractivity contribution in [1.29, 1.82) is 0 Å². The van der Waals surface area contributed by atoms with E-state index in [0.29, 0.717) is 28.9 Å². The van der Waals surface area contributed by atoms with Crippen LogP contribution >= 0.6 is 0 Å². The third kappa shape index (κ3) is 4.99. The zero-order chi connectivity index (χ0) is 33.2. The van der Waals surface area contributed by atoms with Crippen LogP contribution in [0.4, 0.5) is 19.0 Å². The number of aromatic nitrogens is 4. The quantitative estimate of drug-likeness (QED) is 0.154. The van der Waals surface area contributed by atoms with Gasteiger partial charge in [-0.15, -0.1) is 0 Å². The molecule has 5 heterocycles. The highest BCUT2D eigenvalue weighted by molar-refractivity contribution is 6.03. The minimum Gasteiger partial charge on any atom is -0.508 e. The van der Waals surface area contributed by atoms with Gasteiger partial charge in [0.25, 0.3) is 0 Å². The molecular weight excluding hydrogens is 617 g/mol. The maximum absolute atomic E-state index is 16.9. The van der Waals surface area contributed by atoms with Gasteiger partial charge in [-0.2, -0.15) is 9.97 Å². The lowest BCUT2D eigenvalue weighted by molar-refractivity contribution is 0.108. The summed E-state index contributed by atoms with van der Waals surface area (Å²) in [4.78, 5) is 19.1. The van der Waals surface area contributed by atoms with Crippen LogP contribution in [0.3, 0.4) is 0 Å². The summed E-state index contributed by atoms with van der Waals surface area (Å²) < 4.78 is 54.4. The van der Waals surface area contributed by atoms with Gasteiger partial charge in [-0.25, -0.2) is 18.2 Å². The largest absolute Gasteiger partial charge is 0.508 e. The fourth-order valence-corrected chi connectivity index (χ4v) is 8.02. The summed E-state index contributed by atoms with van der Waals surface area (Å²) in [5.41, 5.74) is 1.27. The Hall–Kier alpha value is -4.90. The number of aromatic hydroxyl groups is 1. The number of hydrogen-bond donors (Lipinski definition) is 3. The van der Waals surface area contributed by atoms with Gasteiger partial charge in [0.1, 0.15) is 41.0 Å². The molecule has 2 atom stereocenters. The fourth-order valence-electron chi connectivity index (χ4n) is 8.02. The lowest BCUT2D eigenvalue weighted by atomic mass is 9.91. The van der Waals surface area contributed by atoms with E-state index in [1.165, 1.54) is 30.3 Å². The Bertz CT molecular complexity index is 2220. The summed E-state index contributed by atoms with van der Waals surface area (Å²) in [5, 5.41) is 15.7. The second-order valence-electron chi connectivity index (χ2n) is 13.2. The zero-order valence-electron chi connectivity index (χ0n) is 26.7. The normalized spacial score (nSPS) is 19.5. The highest BCUT2D eigenvalue weighted by Crippen LogP contribution is 2.43. The molecule has 48 heavy (non-hydrogen) atoms. The molecule has 0 spiro atoms. The van der Waals surface area contributed by atoms with Crippen LogP contribution in [0.15, 0.2) is 54.9 Å². The SMILES string of the molecule is CCc1c(F)ccc2cc(O)cc(-c3c(F)cc4c(NCc5c[nH]c6ncccc56)nc(OC[C@@]56CCCN5C[C@H](C)C6)nc4c3F)c12. The van der Waals surface area contributed by atoms with Gasteiger partial charge < -0.3 is 20.1 Å². The minimum atomic E-state index is -0.954. The second-order valence-corrected chi connectivity index (χ2v) is 13.2. The van der Waals surface area contributed by atoms with Crippen LogP contribution in [0.25, 0.3) is 43.8 Å². The number of H-pyrrole nitrogens is 1. The molecule has 3 aromatic carbocycles. The molecule has 0 saturated carbocycles. The van der Waals surface area contributed by atoms with Crippen molar-refractivity contribution in [2.45, 2.75) is 51.6 Å². The Labute approximate surface area is 275 Å². The van der Waals surface area contributed by atoms with Crippen molar-refractivity contribution >= 4 is 38.5 Å². The number of ether oxygens (including phenoxy) is 1. The summed E-state index contributed by atoms with van der Waals surface area (Å²) in [7, 11) is 0. The van der Waals surface area contributed by atoms with Gasteiger partial charge in [-0.1, -0.05) is 19.9 Å². The molecule has 0 radical (unpaired) electrons. The van der Waals surface area contributed by atoms with Gasteiger partial charge in [0, 0.05) is 36.3 Å². The number of pyridine rings is 1. The van der Waals surface area contributed by atoms with Crippen molar-refractivity contribution in [3.63, 3.8) is 0 Å². The lowest BCUT2D eigenvalue weighted by Crippen LogP contribution is -2.43. The Morgan fingerprint density at radius 2 is 1.98 bits per heavy atom. The van der Waals surface area contributed by atoms with Gasteiger partial charge in [-0.3, -0.25) is 4.90 Å². The number of halogens is 3. The molecule has 0 aliphatic carbocycles. The van der Waals surface area contributed by atoms with Crippen molar-refractivity contribution in [2.75, 3.05) is 25.0 Å². The second kappa shape index (κ2) is 11.7. The molecule has 2 saturated heterocycles. The van der Waals surface area contributed by atoms with Crippen LogP contribution in [0, 0.1) is 23.4 Å². The van der Waals surface area contributed by atoms with E-state index in [9.17, 15) is 9.50 Å².